The fourth-order valence-corrected chi connectivity index (χ4v) is 4.49. The SMILES string of the molecule is Cc1nn(C)c(CC2(O)CC(C)CC(C)(C)C2)c1Br. The largest absolute Gasteiger partial charge is 0.389 e. The molecule has 1 fully saturated rings. The Kier molecular flexibility index (Phi) is 3.87. The first-order valence-corrected chi connectivity index (χ1v) is 7.82. The Balaban J connectivity index is 2.26. The Labute approximate surface area is 124 Å². The molecule has 4 heteroatoms. The second-order valence-electron chi connectivity index (χ2n) is 7.23. The van der Waals surface area contributed by atoms with Crippen molar-refractivity contribution in [3.63, 3.8) is 0 Å². The molecule has 0 radical (unpaired) electrons. The monoisotopic (exact) mass is 328 g/mol. The van der Waals surface area contributed by atoms with E-state index in [1.807, 2.05) is 18.7 Å². The summed E-state index contributed by atoms with van der Waals surface area (Å²) < 4.78 is 2.93. The van der Waals surface area contributed by atoms with Crippen molar-refractivity contribution in [1.29, 1.82) is 0 Å². The maximum absolute atomic E-state index is 11.0. The van der Waals surface area contributed by atoms with Gasteiger partial charge in [0.2, 0.25) is 0 Å². The molecular formula is C15H25BrN2O. The summed E-state index contributed by atoms with van der Waals surface area (Å²) in [5.41, 5.74) is 1.70. The highest BCUT2D eigenvalue weighted by Gasteiger charge is 2.42. The third-order valence-corrected chi connectivity index (χ3v) is 5.23. The zero-order valence-corrected chi connectivity index (χ0v) is 14.2. The minimum Gasteiger partial charge on any atom is -0.389 e. The number of aliphatic hydroxyl groups is 1. The van der Waals surface area contributed by atoms with Crippen molar-refractivity contribution >= 4 is 15.9 Å². The number of hydrogen-bond acceptors (Lipinski definition) is 2. The molecule has 3 nitrogen and oxygen atoms in total. The van der Waals surface area contributed by atoms with E-state index >= 15 is 0 Å². The van der Waals surface area contributed by atoms with Gasteiger partial charge in [0.15, 0.2) is 0 Å². The molecule has 19 heavy (non-hydrogen) atoms. The molecule has 1 N–H and O–H groups in total. The molecule has 2 unspecified atom stereocenters. The van der Waals surface area contributed by atoms with Crippen molar-refractivity contribution in [1.82, 2.24) is 9.78 Å². The molecule has 1 saturated carbocycles. The van der Waals surface area contributed by atoms with Gasteiger partial charge in [-0.05, 0) is 53.4 Å². The highest BCUT2D eigenvalue weighted by molar-refractivity contribution is 9.10. The van der Waals surface area contributed by atoms with Crippen molar-refractivity contribution in [3.8, 4) is 0 Å². The fraction of sp³-hybridized carbons (Fsp3) is 0.800. The van der Waals surface area contributed by atoms with Crippen LogP contribution in [0.2, 0.25) is 0 Å². The highest BCUT2D eigenvalue weighted by Crippen LogP contribution is 2.45. The molecule has 0 spiro atoms. The van der Waals surface area contributed by atoms with Gasteiger partial charge in [-0.25, -0.2) is 0 Å². The number of aryl methyl sites for hydroxylation is 2. The van der Waals surface area contributed by atoms with Crippen LogP contribution in [-0.2, 0) is 13.5 Å². The first kappa shape index (κ1) is 15.0. The lowest BCUT2D eigenvalue weighted by atomic mass is 9.64. The zero-order valence-electron chi connectivity index (χ0n) is 12.6. The van der Waals surface area contributed by atoms with Gasteiger partial charge in [-0.2, -0.15) is 5.10 Å². The average molecular weight is 329 g/mol. The molecule has 0 amide bonds. The summed E-state index contributed by atoms with van der Waals surface area (Å²) in [6.07, 6.45) is 3.62. The summed E-state index contributed by atoms with van der Waals surface area (Å²) in [4.78, 5) is 0. The molecule has 2 rings (SSSR count). The molecule has 0 aromatic carbocycles. The summed E-state index contributed by atoms with van der Waals surface area (Å²) in [6, 6.07) is 0. The van der Waals surface area contributed by atoms with E-state index in [4.69, 9.17) is 0 Å². The van der Waals surface area contributed by atoms with E-state index in [9.17, 15) is 5.11 Å². The number of rotatable bonds is 2. The lowest BCUT2D eigenvalue weighted by Crippen LogP contribution is -2.44. The van der Waals surface area contributed by atoms with Crippen molar-refractivity contribution in [2.45, 2.75) is 59.0 Å². The molecule has 1 aromatic heterocycles. The van der Waals surface area contributed by atoms with Crippen molar-refractivity contribution in [2.75, 3.05) is 0 Å². The van der Waals surface area contributed by atoms with E-state index < -0.39 is 5.60 Å². The van der Waals surface area contributed by atoms with Crippen LogP contribution in [0.15, 0.2) is 4.47 Å². The van der Waals surface area contributed by atoms with E-state index in [0.29, 0.717) is 12.3 Å². The van der Waals surface area contributed by atoms with Crippen molar-refractivity contribution in [2.24, 2.45) is 18.4 Å². The van der Waals surface area contributed by atoms with E-state index in [1.165, 1.54) is 6.42 Å². The van der Waals surface area contributed by atoms with Crippen molar-refractivity contribution < 1.29 is 5.11 Å². The van der Waals surface area contributed by atoms with Gasteiger partial charge >= 0.3 is 0 Å². The highest BCUT2D eigenvalue weighted by atomic mass is 79.9. The summed E-state index contributed by atoms with van der Waals surface area (Å²) in [5.74, 6) is 0.571. The lowest BCUT2D eigenvalue weighted by molar-refractivity contribution is -0.0586. The van der Waals surface area contributed by atoms with E-state index in [-0.39, 0.29) is 5.41 Å². The Morgan fingerprint density at radius 1 is 1.42 bits per heavy atom. The third kappa shape index (κ3) is 3.22. The molecule has 108 valence electrons. The van der Waals surface area contributed by atoms with E-state index in [0.717, 1.165) is 28.7 Å². The Morgan fingerprint density at radius 3 is 2.53 bits per heavy atom. The maximum Gasteiger partial charge on any atom is 0.0738 e. The summed E-state index contributed by atoms with van der Waals surface area (Å²) in [6.45, 7) is 8.76. The number of aromatic nitrogens is 2. The van der Waals surface area contributed by atoms with Crippen LogP contribution in [0.5, 0.6) is 0 Å². The standard InChI is InChI=1S/C15H25BrN2O/c1-10-6-14(3,4)9-15(19,7-10)8-12-13(16)11(2)17-18(12)5/h10,19H,6-9H2,1-5H3. The summed E-state index contributed by atoms with van der Waals surface area (Å²) in [7, 11) is 1.95. The number of nitrogens with zero attached hydrogens (tertiary/aromatic N) is 2. The van der Waals surface area contributed by atoms with Crippen LogP contribution in [0.25, 0.3) is 0 Å². The van der Waals surface area contributed by atoms with Gasteiger partial charge in [-0.1, -0.05) is 20.8 Å². The minimum atomic E-state index is -0.607. The summed E-state index contributed by atoms with van der Waals surface area (Å²) >= 11 is 3.60. The predicted molar refractivity (Wildman–Crippen MR) is 81.1 cm³/mol. The molecule has 0 saturated heterocycles. The summed E-state index contributed by atoms with van der Waals surface area (Å²) in [5, 5.41) is 15.4. The van der Waals surface area contributed by atoms with Gasteiger partial charge in [0.1, 0.15) is 0 Å². The van der Waals surface area contributed by atoms with Gasteiger partial charge in [-0.15, -0.1) is 0 Å². The fourth-order valence-electron chi connectivity index (χ4n) is 4.02. The van der Waals surface area contributed by atoms with Gasteiger partial charge < -0.3 is 5.11 Å². The first-order chi connectivity index (χ1) is 8.62. The maximum atomic E-state index is 11.0. The van der Waals surface area contributed by atoms with E-state index in [2.05, 4.69) is 41.8 Å². The Morgan fingerprint density at radius 2 is 2.05 bits per heavy atom. The molecule has 0 aliphatic heterocycles. The smallest absolute Gasteiger partial charge is 0.0738 e. The second-order valence-corrected chi connectivity index (χ2v) is 8.02. The van der Waals surface area contributed by atoms with Gasteiger partial charge in [0, 0.05) is 13.5 Å². The van der Waals surface area contributed by atoms with Crippen LogP contribution < -0.4 is 0 Å². The topological polar surface area (TPSA) is 38.0 Å². The molecule has 1 aromatic rings. The zero-order chi connectivity index (χ0) is 14.4. The minimum absolute atomic E-state index is 0.215. The first-order valence-electron chi connectivity index (χ1n) is 7.02. The van der Waals surface area contributed by atoms with E-state index in [1.54, 1.807) is 0 Å². The molecular weight excluding hydrogens is 304 g/mol. The van der Waals surface area contributed by atoms with Crippen molar-refractivity contribution in [3.05, 3.63) is 15.9 Å². The molecule has 1 heterocycles. The van der Waals surface area contributed by atoms with Crippen LogP contribution in [0, 0.1) is 18.3 Å². The number of hydrogen-bond donors (Lipinski definition) is 1. The number of halogens is 1. The Bertz CT molecular complexity index is 481. The Hall–Kier alpha value is -0.350. The van der Waals surface area contributed by atoms with Crippen LogP contribution in [0.1, 0.15) is 51.4 Å². The molecule has 1 aliphatic carbocycles. The molecule has 1 aliphatic rings. The van der Waals surface area contributed by atoms with Gasteiger partial charge in [-0.3, -0.25) is 4.68 Å². The quantitative estimate of drug-likeness (QED) is 0.900. The lowest BCUT2D eigenvalue weighted by Gasteiger charge is -2.44. The van der Waals surface area contributed by atoms with Crippen LogP contribution >= 0.6 is 15.9 Å². The molecule has 2 atom stereocenters. The van der Waals surface area contributed by atoms with Gasteiger partial charge in [0.25, 0.3) is 0 Å². The van der Waals surface area contributed by atoms with Crippen LogP contribution in [-0.4, -0.2) is 20.5 Å². The van der Waals surface area contributed by atoms with Crippen LogP contribution in [0.3, 0.4) is 0 Å². The van der Waals surface area contributed by atoms with Gasteiger partial charge in [0.05, 0.1) is 21.5 Å². The third-order valence-electron chi connectivity index (χ3n) is 4.20. The average Bonchev–Trinajstić information content (AvgIpc) is 2.41. The normalized spacial score (nSPS) is 30.6. The molecule has 0 bridgehead atoms. The second kappa shape index (κ2) is 4.88. The predicted octanol–water partition coefficient (Wildman–Crippen LogP) is 3.61. The van der Waals surface area contributed by atoms with Crippen LogP contribution in [0.4, 0.5) is 0 Å².